The molecule has 1 aromatic carbocycles. The monoisotopic (exact) mass is 291 g/mol. The fourth-order valence-corrected chi connectivity index (χ4v) is 1.79. The van der Waals surface area contributed by atoms with E-state index in [0.29, 0.717) is 0 Å². The van der Waals surface area contributed by atoms with Crippen LogP contribution < -0.4 is 10.5 Å². The summed E-state index contributed by atoms with van der Waals surface area (Å²) in [6.07, 6.45) is 2.01. The van der Waals surface area contributed by atoms with Gasteiger partial charge in [0.05, 0.1) is 7.11 Å². The Labute approximate surface area is 92.6 Å². The van der Waals surface area contributed by atoms with Crippen LogP contribution in [0.2, 0.25) is 0 Å². The molecule has 2 N–H and O–H groups in total. The van der Waals surface area contributed by atoms with Crippen molar-refractivity contribution in [3.63, 3.8) is 0 Å². The van der Waals surface area contributed by atoms with Gasteiger partial charge in [0, 0.05) is 3.57 Å². The molecule has 0 saturated carbocycles. The van der Waals surface area contributed by atoms with E-state index in [1.54, 1.807) is 7.11 Å². The number of aryl methyl sites for hydroxylation is 1. The summed E-state index contributed by atoms with van der Waals surface area (Å²) < 4.78 is 6.49. The first-order valence-electron chi connectivity index (χ1n) is 4.30. The summed E-state index contributed by atoms with van der Waals surface area (Å²) in [5.41, 5.74) is 6.71. The lowest BCUT2D eigenvalue weighted by Gasteiger charge is -2.07. The summed E-state index contributed by atoms with van der Waals surface area (Å²) in [4.78, 5) is 0. The molecule has 0 saturated heterocycles. The average Bonchev–Trinajstić information content (AvgIpc) is 2.15. The van der Waals surface area contributed by atoms with Crippen LogP contribution in [0.1, 0.15) is 12.0 Å². The van der Waals surface area contributed by atoms with Crippen molar-refractivity contribution in [2.75, 3.05) is 13.7 Å². The Morgan fingerprint density at radius 1 is 1.46 bits per heavy atom. The highest BCUT2D eigenvalue weighted by atomic mass is 127. The predicted octanol–water partition coefficient (Wildman–Crippen LogP) is 2.19. The van der Waals surface area contributed by atoms with Crippen LogP contribution in [-0.2, 0) is 6.42 Å². The summed E-state index contributed by atoms with van der Waals surface area (Å²) in [6.45, 7) is 0.731. The number of halogens is 1. The Kier molecular flexibility index (Phi) is 4.52. The maximum absolute atomic E-state index is 5.46. The maximum Gasteiger partial charge on any atom is 0.122 e. The van der Waals surface area contributed by atoms with E-state index >= 15 is 0 Å². The molecule has 72 valence electrons. The zero-order chi connectivity index (χ0) is 9.68. The van der Waals surface area contributed by atoms with Crippen LogP contribution in [0.25, 0.3) is 0 Å². The van der Waals surface area contributed by atoms with Crippen LogP contribution in [0, 0.1) is 3.57 Å². The molecular weight excluding hydrogens is 277 g/mol. The number of hydrogen-bond acceptors (Lipinski definition) is 2. The summed E-state index contributed by atoms with van der Waals surface area (Å²) >= 11 is 2.30. The zero-order valence-corrected chi connectivity index (χ0v) is 9.87. The van der Waals surface area contributed by atoms with Crippen molar-refractivity contribution >= 4 is 22.6 Å². The molecule has 0 radical (unpaired) electrons. The van der Waals surface area contributed by atoms with Crippen molar-refractivity contribution in [2.45, 2.75) is 12.8 Å². The van der Waals surface area contributed by atoms with Gasteiger partial charge in [-0.15, -0.1) is 0 Å². The summed E-state index contributed by atoms with van der Waals surface area (Å²) in [6, 6.07) is 6.20. The Morgan fingerprint density at radius 3 is 2.85 bits per heavy atom. The highest BCUT2D eigenvalue weighted by molar-refractivity contribution is 14.1. The molecule has 0 amide bonds. The Morgan fingerprint density at radius 2 is 2.23 bits per heavy atom. The largest absolute Gasteiger partial charge is 0.496 e. The second kappa shape index (κ2) is 5.44. The lowest BCUT2D eigenvalue weighted by molar-refractivity contribution is 0.409. The van der Waals surface area contributed by atoms with Crippen molar-refractivity contribution in [3.05, 3.63) is 27.3 Å². The normalized spacial score (nSPS) is 10.1. The standard InChI is InChI=1S/C10H14INO/c1-13-10-5-4-9(11)7-8(10)3-2-6-12/h4-5,7H,2-3,6,12H2,1H3. The Bertz CT molecular complexity index is 276. The van der Waals surface area contributed by atoms with E-state index in [1.807, 2.05) is 12.1 Å². The van der Waals surface area contributed by atoms with Gasteiger partial charge < -0.3 is 10.5 Å². The van der Waals surface area contributed by atoms with Crippen LogP contribution in [0.15, 0.2) is 18.2 Å². The molecule has 1 aromatic rings. The number of hydrogen-bond donors (Lipinski definition) is 1. The number of ether oxygens (including phenoxy) is 1. The molecule has 0 aliphatic rings. The van der Waals surface area contributed by atoms with Crippen LogP contribution in [0.4, 0.5) is 0 Å². The van der Waals surface area contributed by atoms with E-state index in [4.69, 9.17) is 10.5 Å². The molecule has 0 heterocycles. The van der Waals surface area contributed by atoms with E-state index in [-0.39, 0.29) is 0 Å². The van der Waals surface area contributed by atoms with Gasteiger partial charge in [-0.3, -0.25) is 0 Å². The fourth-order valence-electron chi connectivity index (χ4n) is 1.24. The minimum Gasteiger partial charge on any atom is -0.496 e. The second-order valence-corrected chi connectivity index (χ2v) is 4.09. The molecular formula is C10H14INO. The smallest absolute Gasteiger partial charge is 0.122 e. The van der Waals surface area contributed by atoms with Crippen molar-refractivity contribution in [3.8, 4) is 5.75 Å². The number of methoxy groups -OCH3 is 1. The molecule has 1 rings (SSSR count). The van der Waals surface area contributed by atoms with Crippen LogP contribution >= 0.6 is 22.6 Å². The molecule has 0 spiro atoms. The molecule has 0 fully saturated rings. The van der Waals surface area contributed by atoms with Gasteiger partial charge in [0.2, 0.25) is 0 Å². The van der Waals surface area contributed by atoms with Crippen molar-refractivity contribution in [1.82, 2.24) is 0 Å². The van der Waals surface area contributed by atoms with Crippen molar-refractivity contribution in [1.29, 1.82) is 0 Å². The molecule has 0 aromatic heterocycles. The first kappa shape index (κ1) is 10.8. The quantitative estimate of drug-likeness (QED) is 0.863. The maximum atomic E-state index is 5.46. The van der Waals surface area contributed by atoms with Crippen LogP contribution in [0.5, 0.6) is 5.75 Å². The van der Waals surface area contributed by atoms with Gasteiger partial charge in [-0.25, -0.2) is 0 Å². The van der Waals surface area contributed by atoms with Crippen molar-refractivity contribution < 1.29 is 4.74 Å². The number of nitrogens with two attached hydrogens (primary N) is 1. The minimum atomic E-state index is 0.731. The summed E-state index contributed by atoms with van der Waals surface area (Å²) in [5.74, 6) is 0.967. The SMILES string of the molecule is COc1ccc(I)cc1CCCN. The van der Waals surface area contributed by atoms with Crippen molar-refractivity contribution in [2.24, 2.45) is 5.73 Å². The van der Waals surface area contributed by atoms with Gasteiger partial charge in [0.15, 0.2) is 0 Å². The summed E-state index contributed by atoms with van der Waals surface area (Å²) in [5, 5.41) is 0. The molecule has 13 heavy (non-hydrogen) atoms. The molecule has 3 heteroatoms. The predicted molar refractivity (Wildman–Crippen MR) is 63.1 cm³/mol. The minimum absolute atomic E-state index is 0.731. The van der Waals surface area contributed by atoms with E-state index in [2.05, 4.69) is 28.7 Å². The Balaban J connectivity index is 2.81. The Hall–Kier alpha value is -0.290. The number of rotatable bonds is 4. The summed E-state index contributed by atoms with van der Waals surface area (Å²) in [7, 11) is 1.70. The molecule has 0 unspecified atom stereocenters. The van der Waals surface area contributed by atoms with Gasteiger partial charge in [-0.2, -0.15) is 0 Å². The van der Waals surface area contributed by atoms with E-state index < -0.39 is 0 Å². The zero-order valence-electron chi connectivity index (χ0n) is 7.72. The van der Waals surface area contributed by atoms with Gasteiger partial charge >= 0.3 is 0 Å². The third-order valence-corrected chi connectivity index (χ3v) is 2.56. The molecule has 0 aliphatic carbocycles. The van der Waals surface area contributed by atoms with E-state index in [1.165, 1.54) is 9.13 Å². The van der Waals surface area contributed by atoms with Crippen LogP contribution in [0.3, 0.4) is 0 Å². The molecule has 2 nitrogen and oxygen atoms in total. The van der Waals surface area contributed by atoms with E-state index in [9.17, 15) is 0 Å². The first-order valence-corrected chi connectivity index (χ1v) is 5.38. The lowest BCUT2D eigenvalue weighted by Crippen LogP contribution is -2.01. The second-order valence-electron chi connectivity index (χ2n) is 2.85. The molecule has 0 bridgehead atoms. The average molecular weight is 291 g/mol. The highest BCUT2D eigenvalue weighted by Crippen LogP contribution is 2.21. The molecule has 0 atom stereocenters. The van der Waals surface area contributed by atoms with Gasteiger partial charge in [0.1, 0.15) is 5.75 Å². The topological polar surface area (TPSA) is 35.2 Å². The third-order valence-electron chi connectivity index (χ3n) is 1.89. The molecule has 0 aliphatic heterocycles. The number of benzene rings is 1. The highest BCUT2D eigenvalue weighted by Gasteiger charge is 2.02. The van der Waals surface area contributed by atoms with Gasteiger partial charge in [-0.05, 0) is 65.7 Å². The van der Waals surface area contributed by atoms with Crippen LogP contribution in [-0.4, -0.2) is 13.7 Å². The fraction of sp³-hybridized carbons (Fsp3) is 0.400. The lowest BCUT2D eigenvalue weighted by atomic mass is 10.1. The van der Waals surface area contributed by atoms with Gasteiger partial charge in [-0.1, -0.05) is 0 Å². The van der Waals surface area contributed by atoms with Gasteiger partial charge in [0.25, 0.3) is 0 Å². The van der Waals surface area contributed by atoms with E-state index in [0.717, 1.165) is 25.1 Å². The first-order chi connectivity index (χ1) is 6.27. The third kappa shape index (κ3) is 3.15.